The van der Waals surface area contributed by atoms with Crippen LogP contribution in [0, 0.1) is 5.41 Å². The minimum atomic E-state index is -3.75. The van der Waals surface area contributed by atoms with Crippen molar-refractivity contribution in [3.63, 3.8) is 0 Å². The van der Waals surface area contributed by atoms with Crippen LogP contribution in [0.5, 0.6) is 5.75 Å². The maximum absolute atomic E-state index is 13.0. The summed E-state index contributed by atoms with van der Waals surface area (Å²) in [4.78, 5) is 11.4. The molecule has 2 aliphatic rings. The Bertz CT molecular complexity index is 754. The van der Waals surface area contributed by atoms with Crippen LogP contribution < -0.4 is 4.74 Å². The van der Waals surface area contributed by atoms with Gasteiger partial charge in [0.25, 0.3) is 0 Å². The summed E-state index contributed by atoms with van der Waals surface area (Å²) in [6, 6.07) is 4.02. The minimum absolute atomic E-state index is 0.00989. The van der Waals surface area contributed by atoms with E-state index in [9.17, 15) is 18.3 Å². The third kappa shape index (κ3) is 3.51. The molecule has 25 heavy (non-hydrogen) atoms. The van der Waals surface area contributed by atoms with Gasteiger partial charge in [0.15, 0.2) is 0 Å². The third-order valence-corrected chi connectivity index (χ3v) is 6.77. The summed E-state index contributed by atoms with van der Waals surface area (Å²) in [6.07, 6.45) is 2.61. The number of carboxylic acid groups (broad SMARTS) is 1. The van der Waals surface area contributed by atoms with Crippen molar-refractivity contribution in [2.75, 3.05) is 32.9 Å². The van der Waals surface area contributed by atoms with Gasteiger partial charge in [-0.2, -0.15) is 4.31 Å². The first kappa shape index (κ1) is 18.2. The van der Waals surface area contributed by atoms with E-state index in [0.29, 0.717) is 32.9 Å². The van der Waals surface area contributed by atoms with Gasteiger partial charge in [-0.05, 0) is 44.4 Å². The second-order valence-electron chi connectivity index (χ2n) is 6.64. The second kappa shape index (κ2) is 6.93. The van der Waals surface area contributed by atoms with Crippen molar-refractivity contribution in [3.05, 3.63) is 23.8 Å². The van der Waals surface area contributed by atoms with Crippen LogP contribution >= 0.6 is 0 Å². The Morgan fingerprint density at radius 3 is 2.84 bits per heavy atom. The summed E-state index contributed by atoms with van der Waals surface area (Å²) >= 11 is 0. The van der Waals surface area contributed by atoms with Crippen molar-refractivity contribution in [1.82, 2.24) is 4.31 Å². The highest BCUT2D eigenvalue weighted by Gasteiger charge is 2.42. The van der Waals surface area contributed by atoms with E-state index in [0.717, 1.165) is 19.3 Å². The highest BCUT2D eigenvalue weighted by Crippen LogP contribution is 2.39. The number of aromatic carboxylic acids is 1. The van der Waals surface area contributed by atoms with Crippen LogP contribution in [0.15, 0.2) is 23.1 Å². The Morgan fingerprint density at radius 1 is 1.40 bits per heavy atom. The Morgan fingerprint density at radius 2 is 2.20 bits per heavy atom. The summed E-state index contributed by atoms with van der Waals surface area (Å²) in [5.41, 5.74) is -0.245. The lowest BCUT2D eigenvalue weighted by Crippen LogP contribution is -2.46. The van der Waals surface area contributed by atoms with Crippen LogP contribution in [0.1, 0.15) is 36.5 Å². The summed E-state index contributed by atoms with van der Waals surface area (Å²) in [7, 11) is -3.75. The largest absolute Gasteiger partial charge is 0.493 e. The quantitative estimate of drug-likeness (QED) is 0.853. The van der Waals surface area contributed by atoms with Gasteiger partial charge in [-0.3, -0.25) is 0 Å². The van der Waals surface area contributed by atoms with Gasteiger partial charge >= 0.3 is 5.97 Å². The van der Waals surface area contributed by atoms with E-state index in [4.69, 9.17) is 9.47 Å². The lowest BCUT2D eigenvalue weighted by atomic mass is 9.80. The summed E-state index contributed by atoms with van der Waals surface area (Å²) in [6.45, 7) is 4.17. The standard InChI is InChI=1S/C17H23NO6S/c1-2-24-15-5-4-13(10-14(15)16(19)20)25(21,22)18-8-3-6-17(11-18)7-9-23-12-17/h4-5,10H,2-3,6-9,11-12H2,1H3,(H,19,20). The molecule has 3 rings (SSSR count). The zero-order valence-corrected chi connectivity index (χ0v) is 15.0. The Kier molecular flexibility index (Phi) is 5.04. The molecule has 0 aromatic heterocycles. The molecule has 138 valence electrons. The van der Waals surface area contributed by atoms with Gasteiger partial charge in [-0.1, -0.05) is 0 Å². The topological polar surface area (TPSA) is 93.1 Å². The van der Waals surface area contributed by atoms with E-state index >= 15 is 0 Å². The average Bonchev–Trinajstić information content (AvgIpc) is 3.02. The van der Waals surface area contributed by atoms with Gasteiger partial charge in [0, 0.05) is 25.1 Å². The molecule has 0 radical (unpaired) electrons. The number of sulfonamides is 1. The first-order valence-electron chi connectivity index (χ1n) is 8.46. The number of benzene rings is 1. The number of hydrogen-bond donors (Lipinski definition) is 1. The molecule has 2 heterocycles. The van der Waals surface area contributed by atoms with Gasteiger partial charge < -0.3 is 14.6 Å². The molecule has 2 aliphatic heterocycles. The first-order chi connectivity index (χ1) is 11.9. The van der Waals surface area contributed by atoms with Crippen LogP contribution in [0.25, 0.3) is 0 Å². The Labute approximate surface area is 147 Å². The molecular weight excluding hydrogens is 346 g/mol. The van der Waals surface area contributed by atoms with E-state index in [1.807, 2.05) is 0 Å². The molecule has 1 aromatic carbocycles. The number of hydrogen-bond acceptors (Lipinski definition) is 5. The molecule has 8 heteroatoms. The van der Waals surface area contributed by atoms with Crippen LogP contribution in [-0.2, 0) is 14.8 Å². The highest BCUT2D eigenvalue weighted by atomic mass is 32.2. The Balaban J connectivity index is 1.91. The minimum Gasteiger partial charge on any atom is -0.493 e. The van der Waals surface area contributed by atoms with Crippen LogP contribution in [0.4, 0.5) is 0 Å². The maximum Gasteiger partial charge on any atom is 0.339 e. The van der Waals surface area contributed by atoms with Crippen molar-refractivity contribution in [2.24, 2.45) is 5.41 Å². The van der Waals surface area contributed by atoms with Crippen molar-refractivity contribution in [2.45, 2.75) is 31.1 Å². The molecule has 2 fully saturated rings. The molecule has 2 saturated heterocycles. The van der Waals surface area contributed by atoms with Gasteiger partial charge in [0.2, 0.25) is 10.0 Å². The number of nitrogens with zero attached hydrogens (tertiary/aromatic N) is 1. The molecule has 7 nitrogen and oxygen atoms in total. The van der Waals surface area contributed by atoms with E-state index in [2.05, 4.69) is 0 Å². The highest BCUT2D eigenvalue weighted by molar-refractivity contribution is 7.89. The molecule has 1 atom stereocenters. The normalized spacial score (nSPS) is 24.5. The molecule has 1 N–H and O–H groups in total. The molecular formula is C17H23NO6S. The Hall–Kier alpha value is -1.64. The van der Waals surface area contributed by atoms with E-state index in [1.165, 1.54) is 22.5 Å². The number of piperidine rings is 1. The van der Waals surface area contributed by atoms with Crippen LogP contribution in [0.3, 0.4) is 0 Å². The molecule has 0 saturated carbocycles. The van der Waals surface area contributed by atoms with Crippen molar-refractivity contribution in [1.29, 1.82) is 0 Å². The molecule has 0 amide bonds. The SMILES string of the molecule is CCOc1ccc(S(=O)(=O)N2CCCC3(CCOC3)C2)cc1C(=O)O. The second-order valence-corrected chi connectivity index (χ2v) is 8.58. The molecule has 1 spiro atoms. The summed E-state index contributed by atoms with van der Waals surface area (Å²) in [5, 5.41) is 9.36. The monoisotopic (exact) mass is 369 g/mol. The smallest absolute Gasteiger partial charge is 0.339 e. The number of carboxylic acids is 1. The third-order valence-electron chi connectivity index (χ3n) is 4.93. The molecule has 0 bridgehead atoms. The van der Waals surface area contributed by atoms with Crippen molar-refractivity contribution in [3.8, 4) is 5.75 Å². The van der Waals surface area contributed by atoms with Gasteiger partial charge in [-0.25, -0.2) is 13.2 Å². The fourth-order valence-electron chi connectivity index (χ4n) is 3.61. The van der Waals surface area contributed by atoms with Crippen LogP contribution in [-0.4, -0.2) is 56.7 Å². The lowest BCUT2D eigenvalue weighted by Gasteiger charge is -2.38. The fraction of sp³-hybridized carbons (Fsp3) is 0.588. The van der Waals surface area contributed by atoms with Gasteiger partial charge in [0.05, 0.1) is 18.1 Å². The zero-order chi connectivity index (χ0) is 18.1. The van der Waals surface area contributed by atoms with Gasteiger partial charge in [0.1, 0.15) is 11.3 Å². The predicted molar refractivity (Wildman–Crippen MR) is 90.4 cm³/mol. The van der Waals surface area contributed by atoms with Crippen molar-refractivity contribution < 1.29 is 27.8 Å². The number of rotatable bonds is 5. The molecule has 1 aromatic rings. The average molecular weight is 369 g/mol. The van der Waals surface area contributed by atoms with E-state index in [1.54, 1.807) is 6.92 Å². The van der Waals surface area contributed by atoms with Crippen LogP contribution in [0.2, 0.25) is 0 Å². The maximum atomic E-state index is 13.0. The van der Waals surface area contributed by atoms with Gasteiger partial charge in [-0.15, -0.1) is 0 Å². The fourth-order valence-corrected chi connectivity index (χ4v) is 5.22. The zero-order valence-electron chi connectivity index (χ0n) is 14.2. The van der Waals surface area contributed by atoms with Crippen molar-refractivity contribution >= 4 is 16.0 Å². The molecule has 1 unspecified atom stereocenters. The lowest BCUT2D eigenvalue weighted by molar-refractivity contribution is 0.0692. The number of ether oxygens (including phenoxy) is 2. The summed E-state index contributed by atoms with van der Waals surface area (Å²) in [5.74, 6) is -1.03. The predicted octanol–water partition coefficient (Wildman–Crippen LogP) is 1.97. The van der Waals surface area contributed by atoms with E-state index < -0.39 is 16.0 Å². The summed E-state index contributed by atoms with van der Waals surface area (Å²) < 4.78 is 38.3. The number of carbonyl (C=O) groups is 1. The van der Waals surface area contributed by atoms with E-state index in [-0.39, 0.29) is 21.6 Å². The first-order valence-corrected chi connectivity index (χ1v) is 9.90. The molecule has 0 aliphatic carbocycles.